The van der Waals surface area contributed by atoms with E-state index >= 15 is 0 Å². The predicted octanol–water partition coefficient (Wildman–Crippen LogP) is 1.86. The van der Waals surface area contributed by atoms with Crippen molar-refractivity contribution in [3.63, 3.8) is 0 Å². The monoisotopic (exact) mass is 288 g/mol. The summed E-state index contributed by atoms with van der Waals surface area (Å²) in [4.78, 5) is 8.93. The second kappa shape index (κ2) is 6.57. The average molecular weight is 289 g/mol. The first-order chi connectivity index (χ1) is 8.70. The van der Waals surface area contributed by atoms with Crippen LogP contribution in [0.4, 0.5) is 5.82 Å². The minimum absolute atomic E-state index is 0.573. The lowest BCUT2D eigenvalue weighted by Gasteiger charge is -2.23. The largest absolute Gasteiger partial charge is 0.354 e. The highest BCUT2D eigenvalue weighted by molar-refractivity contribution is 6.36. The van der Waals surface area contributed by atoms with Crippen LogP contribution in [0.15, 0.2) is 12.3 Å². The normalized spacial score (nSPS) is 17.8. The van der Waals surface area contributed by atoms with Crippen molar-refractivity contribution < 1.29 is 0 Å². The summed E-state index contributed by atoms with van der Waals surface area (Å²) in [6.07, 6.45) is 2.74. The molecule has 6 heteroatoms. The van der Waals surface area contributed by atoms with E-state index in [0.717, 1.165) is 45.0 Å². The van der Waals surface area contributed by atoms with Gasteiger partial charge < -0.3 is 15.5 Å². The van der Waals surface area contributed by atoms with Gasteiger partial charge in [0, 0.05) is 38.9 Å². The average Bonchev–Trinajstić information content (AvgIpc) is 2.55. The summed E-state index contributed by atoms with van der Waals surface area (Å²) in [5.74, 6) is 0.829. The molecule has 0 radical (unpaired) electrons. The molecule has 1 aromatic heterocycles. The topological polar surface area (TPSA) is 45.4 Å². The molecule has 1 fully saturated rings. The van der Waals surface area contributed by atoms with Gasteiger partial charge in [-0.05, 0) is 19.0 Å². The van der Waals surface area contributed by atoms with Crippen LogP contribution in [0.1, 0.15) is 6.42 Å². The summed E-state index contributed by atoms with van der Waals surface area (Å²) < 4.78 is 0. The lowest BCUT2D eigenvalue weighted by molar-refractivity contribution is 0.302. The Balaban J connectivity index is 2.05. The maximum Gasteiger partial charge on any atom is 0.147 e. The molecule has 0 saturated carbocycles. The molecule has 1 aliphatic rings. The molecule has 1 saturated heterocycles. The highest BCUT2D eigenvalue weighted by Crippen LogP contribution is 2.26. The van der Waals surface area contributed by atoms with E-state index in [1.54, 1.807) is 12.3 Å². The minimum atomic E-state index is 0.573. The first-order valence-corrected chi connectivity index (χ1v) is 6.94. The van der Waals surface area contributed by atoms with Crippen LogP contribution < -0.4 is 10.6 Å². The fraction of sp³-hybridized carbons (Fsp3) is 0.583. The van der Waals surface area contributed by atoms with Gasteiger partial charge in [-0.2, -0.15) is 0 Å². The van der Waals surface area contributed by atoms with E-state index in [-0.39, 0.29) is 0 Å². The van der Waals surface area contributed by atoms with Gasteiger partial charge in [-0.1, -0.05) is 23.2 Å². The molecule has 1 aromatic rings. The van der Waals surface area contributed by atoms with E-state index < -0.39 is 0 Å². The molecule has 18 heavy (non-hydrogen) atoms. The molecule has 0 spiro atoms. The van der Waals surface area contributed by atoms with Crippen molar-refractivity contribution in [1.82, 2.24) is 9.88 Å². The summed E-state index contributed by atoms with van der Waals surface area (Å²) in [6, 6.07) is 1.74. The minimum Gasteiger partial charge on any atom is -0.354 e. The molecule has 4 nitrogen and oxygen atoms in total. The van der Waals surface area contributed by atoms with Crippen molar-refractivity contribution in [1.29, 1.82) is 0 Å². The molecule has 2 heterocycles. The standard InChI is InChI=1S/C12H18Cl2N4/c13-10-8-11(14)12(16-9-10)18-4-1-3-17(5-2-15)6-7-18/h8-9H,1-7,15H2. The van der Waals surface area contributed by atoms with Gasteiger partial charge in [0.2, 0.25) is 0 Å². The molecule has 0 bridgehead atoms. The zero-order chi connectivity index (χ0) is 13.0. The van der Waals surface area contributed by atoms with E-state index in [4.69, 9.17) is 28.9 Å². The van der Waals surface area contributed by atoms with E-state index in [9.17, 15) is 0 Å². The fourth-order valence-electron chi connectivity index (χ4n) is 2.23. The van der Waals surface area contributed by atoms with Crippen molar-refractivity contribution in [3.05, 3.63) is 22.3 Å². The van der Waals surface area contributed by atoms with Crippen LogP contribution in [-0.4, -0.2) is 49.2 Å². The Hall–Kier alpha value is -0.550. The highest BCUT2D eigenvalue weighted by Gasteiger charge is 2.17. The molecule has 0 aliphatic carbocycles. The van der Waals surface area contributed by atoms with Gasteiger partial charge in [-0.15, -0.1) is 0 Å². The van der Waals surface area contributed by atoms with Crippen LogP contribution in [0.25, 0.3) is 0 Å². The Labute approximate surface area is 118 Å². The molecule has 2 rings (SSSR count). The van der Waals surface area contributed by atoms with Crippen LogP contribution in [0, 0.1) is 0 Å². The SMILES string of the molecule is NCCN1CCCN(c2ncc(Cl)cc2Cl)CC1. The summed E-state index contributed by atoms with van der Waals surface area (Å²) in [7, 11) is 0. The van der Waals surface area contributed by atoms with Crippen LogP contribution >= 0.6 is 23.2 Å². The maximum atomic E-state index is 6.19. The van der Waals surface area contributed by atoms with Crippen molar-refractivity contribution in [2.75, 3.05) is 44.2 Å². The van der Waals surface area contributed by atoms with Gasteiger partial charge in [-0.3, -0.25) is 0 Å². The lowest BCUT2D eigenvalue weighted by atomic mass is 10.3. The summed E-state index contributed by atoms with van der Waals surface area (Å²) >= 11 is 12.1. The summed E-state index contributed by atoms with van der Waals surface area (Å²) in [5, 5.41) is 1.19. The first kappa shape index (κ1) is 13.9. The Morgan fingerprint density at radius 3 is 2.78 bits per heavy atom. The van der Waals surface area contributed by atoms with Gasteiger partial charge in [0.25, 0.3) is 0 Å². The maximum absolute atomic E-state index is 6.19. The number of anilines is 1. The molecule has 0 amide bonds. The van der Waals surface area contributed by atoms with Crippen molar-refractivity contribution in [2.24, 2.45) is 5.73 Å². The molecule has 2 N–H and O–H groups in total. The van der Waals surface area contributed by atoms with Gasteiger partial charge in [0.1, 0.15) is 5.82 Å². The number of hydrogen-bond acceptors (Lipinski definition) is 4. The third kappa shape index (κ3) is 3.48. The van der Waals surface area contributed by atoms with Gasteiger partial charge in [-0.25, -0.2) is 4.98 Å². The van der Waals surface area contributed by atoms with E-state index in [1.165, 1.54) is 0 Å². The van der Waals surface area contributed by atoms with E-state index in [2.05, 4.69) is 14.8 Å². The third-order valence-corrected chi connectivity index (χ3v) is 3.61. The Kier molecular flexibility index (Phi) is 5.06. The third-order valence-electron chi connectivity index (χ3n) is 3.12. The Morgan fingerprint density at radius 1 is 1.22 bits per heavy atom. The molecule has 0 aromatic carbocycles. The van der Waals surface area contributed by atoms with Gasteiger partial charge >= 0.3 is 0 Å². The van der Waals surface area contributed by atoms with Crippen molar-refractivity contribution in [2.45, 2.75) is 6.42 Å². The lowest BCUT2D eigenvalue weighted by Crippen LogP contribution is -2.34. The number of nitrogens with zero attached hydrogens (tertiary/aromatic N) is 3. The van der Waals surface area contributed by atoms with Crippen LogP contribution in [-0.2, 0) is 0 Å². The van der Waals surface area contributed by atoms with Crippen molar-refractivity contribution in [3.8, 4) is 0 Å². The van der Waals surface area contributed by atoms with Crippen molar-refractivity contribution >= 4 is 29.0 Å². The number of nitrogens with two attached hydrogens (primary N) is 1. The quantitative estimate of drug-likeness (QED) is 0.922. The smallest absolute Gasteiger partial charge is 0.147 e. The molecular formula is C12H18Cl2N4. The molecule has 1 aliphatic heterocycles. The zero-order valence-corrected chi connectivity index (χ0v) is 11.8. The Morgan fingerprint density at radius 2 is 2.06 bits per heavy atom. The highest BCUT2D eigenvalue weighted by atomic mass is 35.5. The number of hydrogen-bond donors (Lipinski definition) is 1. The Bertz CT molecular complexity index is 400. The summed E-state index contributed by atoms with van der Waals surface area (Å²) in [6.45, 7) is 5.64. The van der Waals surface area contributed by atoms with Crippen LogP contribution in [0.5, 0.6) is 0 Å². The molecule has 0 unspecified atom stereocenters. The number of halogens is 2. The van der Waals surface area contributed by atoms with Crippen LogP contribution in [0.3, 0.4) is 0 Å². The van der Waals surface area contributed by atoms with Gasteiger partial charge in [0.05, 0.1) is 10.0 Å². The second-order valence-corrected chi connectivity index (χ2v) is 5.27. The molecular weight excluding hydrogens is 271 g/mol. The predicted molar refractivity (Wildman–Crippen MR) is 76.6 cm³/mol. The van der Waals surface area contributed by atoms with E-state index in [1.807, 2.05) is 0 Å². The zero-order valence-electron chi connectivity index (χ0n) is 10.3. The number of aromatic nitrogens is 1. The van der Waals surface area contributed by atoms with E-state index in [0.29, 0.717) is 16.6 Å². The van der Waals surface area contributed by atoms with Crippen LogP contribution in [0.2, 0.25) is 10.0 Å². The first-order valence-electron chi connectivity index (χ1n) is 6.19. The number of rotatable bonds is 3. The fourth-order valence-corrected chi connectivity index (χ4v) is 2.73. The molecule has 100 valence electrons. The summed E-state index contributed by atoms with van der Waals surface area (Å²) in [5.41, 5.74) is 5.59. The second-order valence-electron chi connectivity index (χ2n) is 4.43. The van der Waals surface area contributed by atoms with Gasteiger partial charge in [0.15, 0.2) is 0 Å². The molecule has 0 atom stereocenters. The number of pyridine rings is 1.